The average molecular weight is 2060 g/mol. The second-order valence-electron chi connectivity index (χ2n) is 21.8. The van der Waals surface area contributed by atoms with Gasteiger partial charge in [-0.05, 0) is 62.7 Å². The Morgan fingerprint density at radius 2 is 1.15 bits per heavy atom. The Kier molecular flexibility index (Phi) is 29.9. The molecule has 0 spiro atoms. The third-order valence-corrected chi connectivity index (χ3v) is 15.5. The number of ether oxygens (including phenoxy) is 1. The number of alkyl halides is 4. The van der Waals surface area contributed by atoms with E-state index in [1.54, 1.807) is 45.5 Å². The second kappa shape index (κ2) is 35.0. The van der Waals surface area contributed by atoms with E-state index < -0.39 is 24.0 Å². The summed E-state index contributed by atoms with van der Waals surface area (Å²) in [5.41, 5.74) is 7.87. The minimum absolute atomic E-state index is 0. The molecule has 3 aliphatic rings. The molecule has 0 N–H and O–H groups in total. The SMILES string of the molecule is CCC1=[C-]C(n2cc(C(F)(F)F)cn2)=NC1(C)C.CCC1=[C-]C(n2cccn2)=CC1(C)C.CCOC1=[C-]C(n2cccn2)=CC1(C)C.CCc1[c-]c(-n2cccn2)c(-c2ccccc2)s1.FCc1[c-]c(-n2ncc3ccccc32)c(-c2ccccc2)o1.[Ir].[Ir].[Ir].[Ir].[Rh]. The maximum atomic E-state index is 13.0. The minimum atomic E-state index is -4.38. The number of allylic oxidation sites excluding steroid dienone is 8. The number of thiophene rings is 1. The zero-order valence-corrected chi connectivity index (χ0v) is 64.1. The van der Waals surface area contributed by atoms with Crippen LogP contribution in [0.4, 0.5) is 17.6 Å². The van der Waals surface area contributed by atoms with E-state index in [4.69, 9.17) is 9.15 Å². The van der Waals surface area contributed by atoms with Crippen molar-refractivity contribution in [3.63, 3.8) is 0 Å². The number of hydrogen-bond acceptors (Lipinski definition) is 9. The van der Waals surface area contributed by atoms with Crippen molar-refractivity contribution >= 4 is 39.5 Å². The molecule has 7 aromatic heterocycles. The molecule has 2 aliphatic carbocycles. The molecule has 0 amide bonds. The van der Waals surface area contributed by atoms with Crippen molar-refractivity contribution in [1.82, 2.24) is 48.9 Å². The smallest absolute Gasteiger partial charge is 0.419 e. The first kappa shape index (κ1) is 78.5. The van der Waals surface area contributed by atoms with Gasteiger partial charge >= 0.3 is 6.18 Å². The van der Waals surface area contributed by atoms with Crippen LogP contribution >= 0.6 is 11.3 Å². The van der Waals surface area contributed by atoms with Gasteiger partial charge in [0.15, 0.2) is 0 Å². The van der Waals surface area contributed by atoms with Crippen LogP contribution < -0.4 is 0 Å². The van der Waals surface area contributed by atoms with Gasteiger partial charge in [0, 0.05) is 171 Å². The summed E-state index contributed by atoms with van der Waals surface area (Å²) in [5, 5.41) is 21.8. The number of nitrogens with zero attached hydrogens (tertiary/aromatic N) is 11. The molecule has 13 nitrogen and oxygen atoms in total. The summed E-state index contributed by atoms with van der Waals surface area (Å²) in [6.45, 7) is 20.7. The molecular weight excluding hydrogens is 1990 g/mol. The number of rotatable bonds is 12. The Morgan fingerprint density at radius 3 is 1.67 bits per heavy atom. The van der Waals surface area contributed by atoms with Crippen LogP contribution in [0.1, 0.15) is 98.3 Å². The Morgan fingerprint density at radius 1 is 0.587 bits per heavy atom. The average Bonchev–Trinajstić information content (AvgIpc) is 1.79. The van der Waals surface area contributed by atoms with Crippen LogP contribution in [0.15, 0.2) is 197 Å². The van der Waals surface area contributed by atoms with Crippen molar-refractivity contribution in [2.75, 3.05) is 6.61 Å². The van der Waals surface area contributed by atoms with E-state index in [9.17, 15) is 17.6 Å². The number of aliphatic imine (C=N–C) groups is 1. The fourth-order valence-electron chi connectivity index (χ4n) is 9.77. The molecule has 3 aromatic carbocycles. The molecule has 0 fully saturated rings. The largest absolute Gasteiger partial charge is 0.561 e. The molecule has 1 aliphatic heterocycles. The Hall–Kier alpha value is -5.94. The van der Waals surface area contributed by atoms with E-state index in [1.807, 2.05) is 135 Å². The van der Waals surface area contributed by atoms with Gasteiger partial charge in [-0.1, -0.05) is 173 Å². The van der Waals surface area contributed by atoms with Gasteiger partial charge < -0.3 is 15.2 Å². The predicted molar refractivity (Wildman–Crippen MR) is 335 cm³/mol. The first-order valence-electron chi connectivity index (χ1n) is 28.7. The minimum Gasteiger partial charge on any atom is -0.561 e. The topological polar surface area (TPSA) is 124 Å². The molecule has 0 bridgehead atoms. The van der Waals surface area contributed by atoms with Crippen LogP contribution in [0.25, 0.3) is 55.4 Å². The number of fused-ring (bicyclic) bond motifs is 1. The molecule has 495 valence electrons. The summed E-state index contributed by atoms with van der Waals surface area (Å²) in [5.74, 6) is 1.96. The maximum absolute atomic E-state index is 13.0. The molecule has 0 saturated carbocycles. The van der Waals surface area contributed by atoms with E-state index >= 15 is 0 Å². The van der Waals surface area contributed by atoms with Crippen molar-refractivity contribution in [3.8, 4) is 33.1 Å². The van der Waals surface area contributed by atoms with Crippen molar-refractivity contribution in [1.29, 1.82) is 0 Å². The van der Waals surface area contributed by atoms with Gasteiger partial charge in [-0.25, -0.2) is 22.1 Å². The van der Waals surface area contributed by atoms with E-state index in [0.717, 1.165) is 81.2 Å². The normalized spacial score (nSPS) is 14.4. The molecule has 8 heterocycles. The van der Waals surface area contributed by atoms with Gasteiger partial charge in [0.25, 0.3) is 0 Å². The van der Waals surface area contributed by atoms with Crippen molar-refractivity contribution in [2.24, 2.45) is 15.8 Å². The van der Waals surface area contributed by atoms with Crippen LogP contribution in [-0.4, -0.2) is 66.9 Å². The molecular formula is C69H68F4Ir4N11O2RhS-5. The Balaban J connectivity index is 0.000000244. The predicted octanol–water partition coefficient (Wildman–Crippen LogP) is 17.0. The standard InChI is InChI=1S/C18H12FN2O.C15H13N2S.C12H13F3N3.C12H15N2O.C12H15N2.4Ir.Rh/c19-11-15-10-17(18(22-15)13-6-2-1-3-7-13)21-16-9-5-4-8-14(16)12-20-21;1-2-13-11-14(17-10-6-9-16-17)15(18-13)12-7-4-3-5-8-12;1-4-8-5-10(17-11(8,2)3)18-7-9(6-16-18)12(13,14)15;1-4-15-11-8-10(9-12(11,2)3)14-7-5-6-13-14;1-4-10-8-11(9-12(10,2)3)14-7-5-6-13-14;;;;;/h1-9,12H,11H2;3-10H,2H2,1H3;6-7H,4H2,1-3H3;5-7,9H,4H2,1-3H3;5-7,9H,4H2,1-3H3;;;;;/q5*-1;;;;;. The van der Waals surface area contributed by atoms with E-state index in [1.165, 1.54) is 20.9 Å². The number of furan rings is 1. The zero-order valence-electron chi connectivity index (χ0n) is 52.0. The fourth-order valence-corrected chi connectivity index (χ4v) is 10.8. The van der Waals surface area contributed by atoms with Crippen molar-refractivity contribution in [3.05, 3.63) is 235 Å². The van der Waals surface area contributed by atoms with Gasteiger partial charge in [0.05, 0.1) is 30.1 Å². The number of aryl methyl sites for hydroxylation is 1. The maximum Gasteiger partial charge on any atom is 0.419 e. The van der Waals surface area contributed by atoms with Gasteiger partial charge in [0.1, 0.15) is 6.67 Å². The van der Waals surface area contributed by atoms with E-state index in [2.05, 4.69) is 139 Å². The number of para-hydroxylation sites is 1. The third kappa shape index (κ3) is 19.1. The molecule has 5 radical (unpaired) electrons. The molecule has 0 atom stereocenters. The van der Waals surface area contributed by atoms with Gasteiger partial charge in [0.2, 0.25) is 0 Å². The first-order chi connectivity index (χ1) is 41.7. The quantitative estimate of drug-likeness (QED) is 0.0678. The number of hydrogen-bond donors (Lipinski definition) is 0. The molecule has 0 saturated heterocycles. The number of halogens is 4. The van der Waals surface area contributed by atoms with E-state index in [-0.39, 0.29) is 116 Å². The Labute approximate surface area is 606 Å². The number of benzene rings is 3. The molecule has 13 rings (SSSR count). The van der Waals surface area contributed by atoms with Crippen LogP contribution in [0.2, 0.25) is 0 Å². The van der Waals surface area contributed by atoms with E-state index in [0.29, 0.717) is 23.9 Å². The van der Waals surface area contributed by atoms with Crippen LogP contribution in [0.5, 0.6) is 0 Å². The van der Waals surface area contributed by atoms with Crippen LogP contribution in [0.3, 0.4) is 0 Å². The summed E-state index contributed by atoms with van der Waals surface area (Å²) in [6, 6.07) is 40.1. The molecule has 0 unspecified atom stereocenters. The molecule has 92 heavy (non-hydrogen) atoms. The summed E-state index contributed by atoms with van der Waals surface area (Å²) < 4.78 is 70.0. The van der Waals surface area contributed by atoms with Crippen molar-refractivity contribution < 1.29 is 127 Å². The summed E-state index contributed by atoms with van der Waals surface area (Å²) >= 11 is 1.79. The summed E-state index contributed by atoms with van der Waals surface area (Å²) in [7, 11) is 0. The third-order valence-electron chi connectivity index (χ3n) is 14.2. The second-order valence-corrected chi connectivity index (χ2v) is 22.9. The van der Waals surface area contributed by atoms with Crippen LogP contribution in [0, 0.1) is 41.2 Å². The number of aromatic nitrogens is 10. The van der Waals surface area contributed by atoms with Crippen molar-refractivity contribution in [2.45, 2.75) is 107 Å². The summed E-state index contributed by atoms with van der Waals surface area (Å²) in [6.07, 6.45) is 27.1. The van der Waals surface area contributed by atoms with Gasteiger partial charge in [-0.15, -0.1) is 16.3 Å². The monoisotopic (exact) mass is 2070 g/mol. The molecule has 23 heteroatoms. The molecule has 10 aromatic rings. The zero-order chi connectivity index (χ0) is 61.9. The van der Waals surface area contributed by atoms with Gasteiger partial charge in [-0.2, -0.15) is 68.5 Å². The van der Waals surface area contributed by atoms with Crippen LogP contribution in [-0.2, 0) is 124 Å². The fraction of sp³-hybridized carbons (Fsp3) is 0.275. The summed E-state index contributed by atoms with van der Waals surface area (Å²) in [4.78, 5) is 6.84. The first-order valence-corrected chi connectivity index (χ1v) is 29.5. The van der Waals surface area contributed by atoms with Gasteiger partial charge in [-0.3, -0.25) is 39.7 Å². The Bertz CT molecular complexity index is 4090.